The van der Waals surface area contributed by atoms with E-state index in [2.05, 4.69) is 18.7 Å². The van der Waals surface area contributed by atoms with Gasteiger partial charge in [0.15, 0.2) is 0 Å². The highest BCUT2D eigenvalue weighted by Crippen LogP contribution is 2.38. The molecule has 2 aliphatic rings. The molecule has 0 spiro atoms. The molecule has 0 heterocycles. The van der Waals surface area contributed by atoms with E-state index < -0.39 is 0 Å². The van der Waals surface area contributed by atoms with E-state index in [-0.39, 0.29) is 12.1 Å². The van der Waals surface area contributed by atoms with Crippen LogP contribution in [-0.2, 0) is 9.53 Å². The van der Waals surface area contributed by atoms with Gasteiger partial charge < -0.3 is 4.74 Å². The highest BCUT2D eigenvalue weighted by molar-refractivity contribution is 5.81. The second kappa shape index (κ2) is 6.51. The summed E-state index contributed by atoms with van der Waals surface area (Å²) >= 11 is 0. The standard InChI is InChI=1S/C7H12O2.C7H10/c1-4-6(3)9-7(8)5-2;1-2-7-4-3-6(1)5-7/h5-6H,2,4H2,1,3H3;1-2,6-7H,3-5H2. The number of hydrogen-bond acceptors (Lipinski definition) is 2. The van der Waals surface area contributed by atoms with Crippen molar-refractivity contribution in [3.8, 4) is 0 Å². The summed E-state index contributed by atoms with van der Waals surface area (Å²) in [7, 11) is 0. The third kappa shape index (κ3) is 4.21. The number of hydrogen-bond donors (Lipinski definition) is 0. The predicted octanol–water partition coefficient (Wildman–Crippen LogP) is 3.49. The van der Waals surface area contributed by atoms with Crippen molar-refractivity contribution in [1.29, 1.82) is 0 Å². The average molecular weight is 222 g/mol. The van der Waals surface area contributed by atoms with Crippen molar-refractivity contribution in [1.82, 2.24) is 0 Å². The van der Waals surface area contributed by atoms with Gasteiger partial charge >= 0.3 is 5.97 Å². The molecule has 0 saturated heterocycles. The fourth-order valence-corrected chi connectivity index (χ4v) is 2.05. The van der Waals surface area contributed by atoms with Gasteiger partial charge in [-0.2, -0.15) is 0 Å². The second-order valence-corrected chi connectivity index (χ2v) is 4.58. The van der Waals surface area contributed by atoms with Gasteiger partial charge in [0, 0.05) is 6.08 Å². The Morgan fingerprint density at radius 2 is 2.06 bits per heavy atom. The quantitative estimate of drug-likeness (QED) is 0.415. The van der Waals surface area contributed by atoms with E-state index in [4.69, 9.17) is 4.74 Å². The molecular weight excluding hydrogens is 200 g/mol. The molecule has 0 aromatic rings. The number of fused-ring (bicyclic) bond motifs is 2. The zero-order valence-electron chi connectivity index (χ0n) is 10.3. The first-order chi connectivity index (χ1) is 7.65. The summed E-state index contributed by atoms with van der Waals surface area (Å²) in [4.78, 5) is 10.4. The Morgan fingerprint density at radius 3 is 2.31 bits per heavy atom. The normalized spacial score (nSPS) is 26.9. The number of carbonyl (C=O) groups is 1. The summed E-state index contributed by atoms with van der Waals surface area (Å²) in [5, 5.41) is 0. The van der Waals surface area contributed by atoms with Crippen molar-refractivity contribution in [2.45, 2.75) is 45.6 Å². The van der Waals surface area contributed by atoms with Gasteiger partial charge in [-0.25, -0.2) is 4.79 Å². The number of rotatable bonds is 3. The Morgan fingerprint density at radius 1 is 1.50 bits per heavy atom. The average Bonchev–Trinajstić information content (AvgIpc) is 2.93. The summed E-state index contributed by atoms with van der Waals surface area (Å²) in [5.41, 5.74) is 0. The summed E-state index contributed by atoms with van der Waals surface area (Å²) < 4.78 is 4.79. The SMILES string of the molecule is C1=CC2CCC1C2.C=CC(=O)OC(C)CC. The van der Waals surface area contributed by atoms with Crippen LogP contribution in [0.3, 0.4) is 0 Å². The Labute approximate surface area is 98.4 Å². The van der Waals surface area contributed by atoms with Crippen molar-refractivity contribution in [3.05, 3.63) is 24.8 Å². The highest BCUT2D eigenvalue weighted by Gasteiger charge is 2.25. The van der Waals surface area contributed by atoms with Gasteiger partial charge in [-0.1, -0.05) is 25.7 Å². The number of allylic oxidation sites excluding steroid dienone is 2. The lowest BCUT2D eigenvalue weighted by Gasteiger charge is -2.07. The summed E-state index contributed by atoms with van der Waals surface area (Å²) in [6, 6.07) is 0. The van der Waals surface area contributed by atoms with Gasteiger partial charge in [-0.3, -0.25) is 0 Å². The highest BCUT2D eigenvalue weighted by atomic mass is 16.5. The van der Waals surface area contributed by atoms with Crippen LogP contribution in [0.2, 0.25) is 0 Å². The summed E-state index contributed by atoms with van der Waals surface area (Å²) in [6.07, 6.45) is 11.2. The first kappa shape index (κ1) is 13.0. The molecule has 3 atom stereocenters. The van der Waals surface area contributed by atoms with Crippen molar-refractivity contribution < 1.29 is 9.53 Å². The fraction of sp³-hybridized carbons (Fsp3) is 0.643. The summed E-state index contributed by atoms with van der Waals surface area (Å²) in [6.45, 7) is 7.08. The maximum Gasteiger partial charge on any atom is 0.330 e. The molecule has 1 fully saturated rings. The van der Waals surface area contributed by atoms with E-state index >= 15 is 0 Å². The molecule has 2 rings (SSSR count). The zero-order chi connectivity index (χ0) is 12.0. The Bertz CT molecular complexity index is 256. The van der Waals surface area contributed by atoms with E-state index in [0.717, 1.165) is 18.3 Å². The smallest absolute Gasteiger partial charge is 0.330 e. The van der Waals surface area contributed by atoms with Gasteiger partial charge in [0.1, 0.15) is 0 Å². The number of ether oxygens (including phenoxy) is 1. The van der Waals surface area contributed by atoms with Crippen LogP contribution in [0.25, 0.3) is 0 Å². The maximum atomic E-state index is 10.4. The van der Waals surface area contributed by atoms with Crippen LogP contribution in [0, 0.1) is 11.8 Å². The molecule has 16 heavy (non-hydrogen) atoms. The molecule has 2 heteroatoms. The van der Waals surface area contributed by atoms with Gasteiger partial charge in [0.2, 0.25) is 0 Å². The summed E-state index contributed by atoms with van der Waals surface area (Å²) in [5.74, 6) is 1.64. The predicted molar refractivity (Wildman–Crippen MR) is 66.0 cm³/mol. The molecule has 0 aliphatic heterocycles. The molecule has 0 aromatic heterocycles. The van der Waals surface area contributed by atoms with Crippen LogP contribution in [-0.4, -0.2) is 12.1 Å². The van der Waals surface area contributed by atoms with Crippen molar-refractivity contribution in [2.24, 2.45) is 11.8 Å². The fourth-order valence-electron chi connectivity index (χ4n) is 2.05. The van der Waals surface area contributed by atoms with Crippen LogP contribution in [0.1, 0.15) is 39.5 Å². The molecule has 1 saturated carbocycles. The van der Waals surface area contributed by atoms with Gasteiger partial charge in [-0.15, -0.1) is 0 Å². The van der Waals surface area contributed by atoms with Crippen LogP contribution >= 0.6 is 0 Å². The molecule has 2 nitrogen and oxygen atoms in total. The third-order valence-corrected chi connectivity index (χ3v) is 3.23. The lowest BCUT2D eigenvalue weighted by Crippen LogP contribution is -2.10. The molecule has 0 amide bonds. The molecule has 0 radical (unpaired) electrons. The number of esters is 1. The number of carbonyl (C=O) groups excluding carboxylic acids is 1. The van der Waals surface area contributed by atoms with E-state index in [1.54, 1.807) is 0 Å². The third-order valence-electron chi connectivity index (χ3n) is 3.23. The molecular formula is C14H22O2. The van der Waals surface area contributed by atoms with Crippen LogP contribution in [0.4, 0.5) is 0 Å². The van der Waals surface area contributed by atoms with Crippen LogP contribution in [0.5, 0.6) is 0 Å². The van der Waals surface area contributed by atoms with Gasteiger partial charge in [0.25, 0.3) is 0 Å². The Balaban J connectivity index is 0.000000163. The molecule has 2 aliphatic carbocycles. The van der Waals surface area contributed by atoms with Gasteiger partial charge in [0.05, 0.1) is 6.10 Å². The minimum Gasteiger partial charge on any atom is -0.460 e. The molecule has 0 N–H and O–H groups in total. The van der Waals surface area contributed by atoms with E-state index in [0.29, 0.717) is 0 Å². The maximum absolute atomic E-state index is 10.4. The van der Waals surface area contributed by atoms with Gasteiger partial charge in [-0.05, 0) is 44.4 Å². The minimum atomic E-state index is -0.343. The minimum absolute atomic E-state index is 0.00972. The Hall–Kier alpha value is -1.05. The topological polar surface area (TPSA) is 26.3 Å². The molecule has 90 valence electrons. The van der Waals surface area contributed by atoms with Crippen molar-refractivity contribution in [3.63, 3.8) is 0 Å². The Kier molecular flexibility index (Phi) is 5.30. The van der Waals surface area contributed by atoms with E-state index in [1.165, 1.54) is 25.3 Å². The molecule has 0 aromatic carbocycles. The molecule has 2 bridgehead atoms. The first-order valence-corrected chi connectivity index (χ1v) is 6.17. The van der Waals surface area contributed by atoms with Crippen LogP contribution in [0.15, 0.2) is 24.8 Å². The van der Waals surface area contributed by atoms with Crippen LogP contribution < -0.4 is 0 Å². The van der Waals surface area contributed by atoms with Crippen molar-refractivity contribution >= 4 is 5.97 Å². The monoisotopic (exact) mass is 222 g/mol. The molecule has 3 unspecified atom stereocenters. The van der Waals surface area contributed by atoms with E-state index in [1.807, 2.05) is 13.8 Å². The largest absolute Gasteiger partial charge is 0.460 e. The zero-order valence-corrected chi connectivity index (χ0v) is 10.3. The second-order valence-electron chi connectivity index (χ2n) is 4.58. The van der Waals surface area contributed by atoms with E-state index in [9.17, 15) is 4.79 Å². The first-order valence-electron chi connectivity index (χ1n) is 6.17. The lowest BCUT2D eigenvalue weighted by atomic mass is 10.1. The lowest BCUT2D eigenvalue weighted by molar-refractivity contribution is -0.142. The van der Waals surface area contributed by atoms with Crippen molar-refractivity contribution in [2.75, 3.05) is 0 Å².